The number of rotatable bonds is 2. The predicted molar refractivity (Wildman–Crippen MR) is 73.8 cm³/mol. The van der Waals surface area contributed by atoms with Crippen LogP contribution in [0.1, 0.15) is 20.1 Å². The van der Waals surface area contributed by atoms with E-state index in [1.165, 1.54) is 11.3 Å². The molecular weight excluding hydrogens is 393 g/mol. The fourth-order valence-electron chi connectivity index (χ4n) is 1.49. The van der Waals surface area contributed by atoms with Crippen LogP contribution in [0.15, 0.2) is 22.7 Å². The zero-order valence-corrected chi connectivity index (χ0v) is 13.1. The van der Waals surface area contributed by atoms with E-state index >= 15 is 0 Å². The zero-order valence-electron chi connectivity index (χ0n) is 9.11. The van der Waals surface area contributed by atoms with E-state index in [4.69, 9.17) is 0 Å². The van der Waals surface area contributed by atoms with Crippen molar-refractivity contribution in [2.24, 2.45) is 0 Å². The molecule has 0 spiro atoms. The molecule has 1 unspecified atom stereocenters. The second-order valence-electron chi connectivity index (χ2n) is 3.71. The lowest BCUT2D eigenvalue weighted by molar-refractivity contribution is 0.445. The third-order valence-corrected chi connectivity index (χ3v) is 5.95. The molecule has 0 bridgehead atoms. The van der Waals surface area contributed by atoms with Gasteiger partial charge in [-0.3, -0.25) is 0 Å². The zero-order chi connectivity index (χ0) is 13.4. The molecule has 0 aliphatic carbocycles. The third-order valence-electron chi connectivity index (χ3n) is 2.42. The first-order valence-corrected chi connectivity index (χ1v) is 7.47. The van der Waals surface area contributed by atoms with Crippen LogP contribution < -0.4 is 0 Å². The van der Waals surface area contributed by atoms with E-state index in [-0.39, 0.29) is 4.83 Å². The Balaban J connectivity index is 2.42. The Morgan fingerprint density at radius 2 is 1.67 bits per heavy atom. The van der Waals surface area contributed by atoms with Crippen LogP contribution in [0.2, 0.25) is 0 Å². The lowest BCUT2D eigenvalue weighted by atomic mass is 10.1. The molecule has 1 aromatic carbocycles. The monoisotopic (exact) mass is 398 g/mol. The van der Waals surface area contributed by atoms with Crippen molar-refractivity contribution in [3.63, 3.8) is 0 Å². The average Bonchev–Trinajstić information content (AvgIpc) is 2.65. The Morgan fingerprint density at radius 1 is 1.11 bits per heavy atom. The number of benzene rings is 1. The van der Waals surface area contributed by atoms with Gasteiger partial charge in [0.05, 0.1) is 4.83 Å². The molecule has 0 saturated heterocycles. The summed E-state index contributed by atoms with van der Waals surface area (Å²) in [6.07, 6.45) is 0. The molecule has 96 valence electrons. The summed E-state index contributed by atoms with van der Waals surface area (Å²) in [4.78, 5) is 1.60. The van der Waals surface area contributed by atoms with Crippen molar-refractivity contribution in [2.75, 3.05) is 0 Å². The predicted octanol–water partition coefficient (Wildman–Crippen LogP) is 5.72. The van der Waals surface area contributed by atoms with Crippen molar-refractivity contribution in [2.45, 2.75) is 11.8 Å². The van der Waals surface area contributed by atoms with Gasteiger partial charge in [-0.15, -0.1) is 11.3 Å². The van der Waals surface area contributed by atoms with Crippen molar-refractivity contribution < 1.29 is 13.2 Å². The average molecular weight is 400 g/mol. The minimum absolute atomic E-state index is 0.347. The van der Waals surface area contributed by atoms with Gasteiger partial charge in [0, 0.05) is 14.2 Å². The molecule has 0 aliphatic rings. The van der Waals surface area contributed by atoms with Crippen LogP contribution in [-0.2, 0) is 0 Å². The van der Waals surface area contributed by atoms with Gasteiger partial charge in [-0.25, -0.2) is 13.2 Å². The second-order valence-corrected chi connectivity index (χ2v) is 6.77. The Kier molecular flexibility index (Phi) is 4.18. The van der Waals surface area contributed by atoms with Crippen molar-refractivity contribution in [3.05, 3.63) is 55.4 Å². The van der Waals surface area contributed by atoms with E-state index in [1.54, 1.807) is 0 Å². The van der Waals surface area contributed by atoms with Gasteiger partial charge in [0.25, 0.3) is 0 Å². The molecule has 0 amide bonds. The fraction of sp³-hybridized carbons (Fsp3) is 0.167. The van der Waals surface area contributed by atoms with Crippen LogP contribution in [-0.4, -0.2) is 0 Å². The molecule has 18 heavy (non-hydrogen) atoms. The molecule has 0 N–H and O–H groups in total. The molecule has 1 atom stereocenters. The highest BCUT2D eigenvalue weighted by atomic mass is 79.9. The van der Waals surface area contributed by atoms with Crippen LogP contribution in [0.25, 0.3) is 0 Å². The SMILES string of the molecule is Cc1sc(C(Br)c2cc(F)c(F)c(F)c2)cc1Br. The summed E-state index contributed by atoms with van der Waals surface area (Å²) < 4.78 is 40.1. The molecule has 1 aromatic heterocycles. The molecule has 6 heteroatoms. The highest BCUT2D eigenvalue weighted by Crippen LogP contribution is 2.39. The summed E-state index contributed by atoms with van der Waals surface area (Å²) >= 11 is 8.25. The van der Waals surface area contributed by atoms with Gasteiger partial charge >= 0.3 is 0 Å². The topological polar surface area (TPSA) is 0 Å². The number of halogens is 5. The van der Waals surface area contributed by atoms with Gasteiger partial charge in [-0.2, -0.15) is 0 Å². The van der Waals surface area contributed by atoms with Gasteiger partial charge in [-0.05, 0) is 46.6 Å². The molecule has 0 radical (unpaired) electrons. The Labute approximate surface area is 123 Å². The van der Waals surface area contributed by atoms with E-state index < -0.39 is 17.5 Å². The smallest absolute Gasteiger partial charge is 0.194 e. The highest BCUT2D eigenvalue weighted by Gasteiger charge is 2.18. The molecule has 0 fully saturated rings. The van der Waals surface area contributed by atoms with Crippen LogP contribution in [0.3, 0.4) is 0 Å². The maximum absolute atomic E-state index is 13.2. The van der Waals surface area contributed by atoms with Gasteiger partial charge in [-0.1, -0.05) is 15.9 Å². The lowest BCUT2D eigenvalue weighted by Gasteiger charge is -2.09. The number of aryl methyl sites for hydroxylation is 1. The minimum atomic E-state index is -1.44. The van der Waals surface area contributed by atoms with Crippen molar-refractivity contribution >= 4 is 43.2 Å². The highest BCUT2D eigenvalue weighted by molar-refractivity contribution is 9.10. The van der Waals surface area contributed by atoms with Gasteiger partial charge < -0.3 is 0 Å². The normalized spacial score (nSPS) is 12.8. The Hall–Kier alpha value is -0.330. The van der Waals surface area contributed by atoms with Crippen molar-refractivity contribution in [1.29, 1.82) is 0 Å². The van der Waals surface area contributed by atoms with Crippen molar-refractivity contribution in [1.82, 2.24) is 0 Å². The second kappa shape index (κ2) is 5.35. The van der Waals surface area contributed by atoms with E-state index in [1.807, 2.05) is 13.0 Å². The van der Waals surface area contributed by atoms with E-state index in [2.05, 4.69) is 31.9 Å². The van der Waals surface area contributed by atoms with Crippen molar-refractivity contribution in [3.8, 4) is 0 Å². The number of hydrogen-bond donors (Lipinski definition) is 0. The van der Waals surface area contributed by atoms with Gasteiger partial charge in [0.2, 0.25) is 0 Å². The number of alkyl halides is 1. The largest absolute Gasteiger partial charge is 0.204 e. The van der Waals surface area contributed by atoms with Gasteiger partial charge in [0.15, 0.2) is 17.5 Å². The maximum Gasteiger partial charge on any atom is 0.194 e. The molecule has 0 saturated carbocycles. The number of hydrogen-bond acceptors (Lipinski definition) is 1. The summed E-state index contributed by atoms with van der Waals surface area (Å²) in [5.41, 5.74) is 0.347. The quantitative estimate of drug-likeness (QED) is 0.447. The van der Waals surface area contributed by atoms with Gasteiger partial charge in [0.1, 0.15) is 0 Å². The number of thiophene rings is 1. The molecule has 2 rings (SSSR count). The molecule has 0 aliphatic heterocycles. The van der Waals surface area contributed by atoms with E-state index in [9.17, 15) is 13.2 Å². The Morgan fingerprint density at radius 3 is 2.11 bits per heavy atom. The third kappa shape index (κ3) is 2.65. The van der Waals surface area contributed by atoms with E-state index in [0.717, 1.165) is 26.4 Å². The summed E-state index contributed by atoms with van der Waals surface area (Å²) in [6, 6.07) is 3.88. The summed E-state index contributed by atoms with van der Waals surface area (Å²) in [7, 11) is 0. The molecule has 0 nitrogen and oxygen atoms in total. The van der Waals surface area contributed by atoms with Crippen LogP contribution in [0, 0.1) is 24.4 Å². The van der Waals surface area contributed by atoms with Crippen LogP contribution in [0.4, 0.5) is 13.2 Å². The molecule has 2 aromatic rings. The summed E-state index contributed by atoms with van der Waals surface area (Å²) in [5.74, 6) is -3.80. The molecule has 1 heterocycles. The lowest BCUT2D eigenvalue weighted by Crippen LogP contribution is -1.97. The summed E-state index contributed by atoms with van der Waals surface area (Å²) in [6.45, 7) is 1.93. The first-order chi connectivity index (χ1) is 8.40. The standard InChI is InChI=1S/C12H7Br2F3S/c1-5-7(13)4-10(18-5)11(14)6-2-8(15)12(17)9(16)3-6/h2-4,11H,1H3. The van der Waals surface area contributed by atoms with Crippen LogP contribution in [0.5, 0.6) is 0 Å². The first kappa shape index (κ1) is 14.1. The fourth-order valence-corrected chi connectivity index (χ4v) is 3.74. The summed E-state index contributed by atoms with van der Waals surface area (Å²) in [5, 5.41) is 0. The maximum atomic E-state index is 13.2. The first-order valence-electron chi connectivity index (χ1n) is 4.94. The van der Waals surface area contributed by atoms with Crippen LogP contribution >= 0.6 is 43.2 Å². The van der Waals surface area contributed by atoms with E-state index in [0.29, 0.717) is 5.56 Å². The molecular formula is C12H7Br2F3S. The Bertz CT molecular complexity index is 552. The minimum Gasteiger partial charge on any atom is -0.204 e.